The van der Waals surface area contributed by atoms with Gasteiger partial charge in [-0.1, -0.05) is 36.4 Å². The Bertz CT molecular complexity index is 1250. The number of nitrogens with one attached hydrogen (secondary N) is 2. The average molecular weight is 590 g/mol. The molecular formula is C35H47N3O5. The lowest BCUT2D eigenvalue weighted by molar-refractivity contribution is 0.0106. The summed E-state index contributed by atoms with van der Waals surface area (Å²) in [6.07, 6.45) is 3.08. The molecule has 2 aliphatic heterocycles. The van der Waals surface area contributed by atoms with Crippen molar-refractivity contribution in [3.63, 3.8) is 0 Å². The first-order chi connectivity index (χ1) is 21.2. The molecule has 0 amide bonds. The van der Waals surface area contributed by atoms with E-state index >= 15 is 0 Å². The van der Waals surface area contributed by atoms with Gasteiger partial charge in [-0.05, 0) is 79.4 Å². The number of ether oxygens (including phenoxy) is 5. The van der Waals surface area contributed by atoms with Crippen LogP contribution in [-0.4, -0.2) is 79.4 Å². The van der Waals surface area contributed by atoms with Crippen molar-refractivity contribution >= 4 is 5.69 Å². The van der Waals surface area contributed by atoms with E-state index in [9.17, 15) is 0 Å². The van der Waals surface area contributed by atoms with E-state index in [0.29, 0.717) is 19.1 Å². The highest BCUT2D eigenvalue weighted by Gasteiger charge is 2.27. The van der Waals surface area contributed by atoms with Gasteiger partial charge in [0.2, 0.25) is 0 Å². The molecule has 2 N–H and O–H groups in total. The largest absolute Gasteiger partial charge is 0.496 e. The highest BCUT2D eigenvalue weighted by molar-refractivity contribution is 5.61. The fourth-order valence-corrected chi connectivity index (χ4v) is 5.94. The third-order valence-electron chi connectivity index (χ3n) is 8.27. The van der Waals surface area contributed by atoms with E-state index in [2.05, 4.69) is 64.1 Å². The maximum Gasteiger partial charge on any atom is 0.142 e. The highest BCUT2D eigenvalue weighted by atomic mass is 16.5. The van der Waals surface area contributed by atoms with Crippen LogP contribution in [0.2, 0.25) is 0 Å². The molecule has 43 heavy (non-hydrogen) atoms. The molecule has 3 aromatic carbocycles. The fourth-order valence-electron chi connectivity index (χ4n) is 5.94. The van der Waals surface area contributed by atoms with Crippen LogP contribution in [-0.2, 0) is 22.5 Å². The first-order valence-corrected chi connectivity index (χ1v) is 15.6. The normalized spacial score (nSPS) is 18.1. The van der Waals surface area contributed by atoms with Crippen molar-refractivity contribution in [2.24, 2.45) is 0 Å². The molecule has 0 bridgehead atoms. The van der Waals surface area contributed by atoms with E-state index in [1.807, 2.05) is 18.2 Å². The van der Waals surface area contributed by atoms with Gasteiger partial charge in [0.1, 0.15) is 30.5 Å². The minimum absolute atomic E-state index is 0.109. The van der Waals surface area contributed by atoms with Gasteiger partial charge in [-0.15, -0.1) is 0 Å². The Morgan fingerprint density at radius 3 is 2.74 bits per heavy atom. The zero-order chi connectivity index (χ0) is 29.7. The summed E-state index contributed by atoms with van der Waals surface area (Å²) >= 11 is 0. The quantitative estimate of drug-likeness (QED) is 0.231. The standard InChI is InChI=1S/C35H47N3O5/c1-39-21-5-19-38-20-23-42-34-13-8-27(24-32(34)38)26-43-35-25-37-17-15-31(35)28-9-11-30(12-10-28)41-22-18-36-16-14-29-6-3-4-7-33(29)40-2/h3-4,6-13,24,31,35-37H,5,14-23,25-26H2,1-2H3/t31-,35+/m1/s1. The molecule has 2 aliphatic rings. The Morgan fingerprint density at radius 2 is 1.88 bits per heavy atom. The van der Waals surface area contributed by atoms with Gasteiger partial charge in [0, 0.05) is 39.3 Å². The van der Waals surface area contributed by atoms with Gasteiger partial charge in [0.25, 0.3) is 0 Å². The van der Waals surface area contributed by atoms with E-state index in [1.165, 1.54) is 16.7 Å². The van der Waals surface area contributed by atoms with Crippen molar-refractivity contribution in [1.82, 2.24) is 10.6 Å². The van der Waals surface area contributed by atoms with Crippen molar-refractivity contribution in [3.8, 4) is 17.2 Å². The van der Waals surface area contributed by atoms with Gasteiger partial charge < -0.3 is 39.2 Å². The summed E-state index contributed by atoms with van der Waals surface area (Å²) in [5.74, 6) is 3.14. The van der Waals surface area contributed by atoms with Crippen LogP contribution in [0.1, 0.15) is 35.4 Å². The molecule has 8 heteroatoms. The van der Waals surface area contributed by atoms with Crippen LogP contribution in [0.25, 0.3) is 0 Å². The topological polar surface area (TPSA) is 73.5 Å². The second-order valence-corrected chi connectivity index (χ2v) is 11.2. The third kappa shape index (κ3) is 8.86. The molecule has 2 heterocycles. The Kier molecular flexibility index (Phi) is 12.0. The minimum atomic E-state index is 0.109. The van der Waals surface area contributed by atoms with E-state index < -0.39 is 0 Å². The summed E-state index contributed by atoms with van der Waals surface area (Å²) in [5.41, 5.74) is 4.85. The predicted molar refractivity (Wildman–Crippen MR) is 171 cm³/mol. The number of hydrogen-bond donors (Lipinski definition) is 2. The van der Waals surface area contributed by atoms with Crippen LogP contribution in [0.5, 0.6) is 17.2 Å². The summed E-state index contributed by atoms with van der Waals surface area (Å²) < 4.78 is 29.2. The Morgan fingerprint density at radius 1 is 1.00 bits per heavy atom. The van der Waals surface area contributed by atoms with Gasteiger partial charge in [0.05, 0.1) is 32.1 Å². The second-order valence-electron chi connectivity index (χ2n) is 11.2. The number of nitrogens with zero attached hydrogens (tertiary/aromatic N) is 1. The maximum atomic E-state index is 6.55. The summed E-state index contributed by atoms with van der Waals surface area (Å²) in [4.78, 5) is 2.40. The monoisotopic (exact) mass is 589 g/mol. The Hall–Kier alpha value is -3.30. The lowest BCUT2D eigenvalue weighted by Crippen LogP contribution is -2.41. The van der Waals surface area contributed by atoms with Crippen molar-refractivity contribution in [2.45, 2.75) is 37.9 Å². The molecule has 232 valence electrons. The van der Waals surface area contributed by atoms with Crippen molar-refractivity contribution < 1.29 is 23.7 Å². The third-order valence-corrected chi connectivity index (χ3v) is 8.27. The minimum Gasteiger partial charge on any atom is -0.496 e. The summed E-state index contributed by atoms with van der Waals surface area (Å²) in [5, 5.41) is 6.99. The summed E-state index contributed by atoms with van der Waals surface area (Å²) in [6, 6.07) is 23.2. The van der Waals surface area contributed by atoms with E-state index in [1.54, 1.807) is 14.2 Å². The zero-order valence-corrected chi connectivity index (χ0v) is 25.7. The molecule has 1 fully saturated rings. The zero-order valence-electron chi connectivity index (χ0n) is 25.7. The van der Waals surface area contributed by atoms with Crippen molar-refractivity contribution in [3.05, 3.63) is 83.4 Å². The SMILES string of the molecule is COCCCN1CCOc2ccc(CO[C@H]3CNCC[C@@H]3c3ccc(OCCNCCc4ccccc4OC)cc3)cc21. The number of methoxy groups -OCH3 is 2. The van der Waals surface area contributed by atoms with Crippen LogP contribution in [0.4, 0.5) is 5.69 Å². The molecule has 0 radical (unpaired) electrons. The van der Waals surface area contributed by atoms with Gasteiger partial charge >= 0.3 is 0 Å². The number of rotatable bonds is 16. The molecule has 0 aliphatic carbocycles. The van der Waals surface area contributed by atoms with Gasteiger partial charge in [-0.2, -0.15) is 0 Å². The lowest BCUT2D eigenvalue weighted by atomic mass is 9.87. The second kappa shape index (κ2) is 16.5. The summed E-state index contributed by atoms with van der Waals surface area (Å²) in [7, 11) is 3.47. The predicted octanol–water partition coefficient (Wildman–Crippen LogP) is 4.80. The maximum absolute atomic E-state index is 6.55. The Balaban J connectivity index is 1.08. The number of hydrogen-bond acceptors (Lipinski definition) is 8. The van der Waals surface area contributed by atoms with Crippen LogP contribution < -0.4 is 29.7 Å². The molecule has 0 spiro atoms. The van der Waals surface area contributed by atoms with Crippen molar-refractivity contribution in [1.29, 1.82) is 0 Å². The number of piperidine rings is 1. The first kappa shape index (κ1) is 31.1. The molecule has 0 aromatic heterocycles. The first-order valence-electron chi connectivity index (χ1n) is 15.6. The average Bonchev–Trinajstić information content (AvgIpc) is 3.06. The van der Waals surface area contributed by atoms with Gasteiger partial charge in [-0.3, -0.25) is 0 Å². The molecule has 3 aromatic rings. The smallest absolute Gasteiger partial charge is 0.142 e. The lowest BCUT2D eigenvalue weighted by Gasteiger charge is -2.33. The molecule has 2 atom stereocenters. The number of fused-ring (bicyclic) bond motifs is 1. The summed E-state index contributed by atoms with van der Waals surface area (Å²) in [6.45, 7) is 8.06. The molecule has 5 rings (SSSR count). The molecular weight excluding hydrogens is 542 g/mol. The van der Waals surface area contributed by atoms with Crippen molar-refractivity contribution in [2.75, 3.05) is 78.2 Å². The molecule has 0 unspecified atom stereocenters. The van der Waals surface area contributed by atoms with E-state index in [-0.39, 0.29) is 6.10 Å². The molecule has 8 nitrogen and oxygen atoms in total. The molecule has 1 saturated heterocycles. The van der Waals surface area contributed by atoms with Crippen LogP contribution in [0.3, 0.4) is 0 Å². The van der Waals surface area contributed by atoms with E-state index in [0.717, 1.165) is 94.7 Å². The van der Waals surface area contributed by atoms with E-state index in [4.69, 9.17) is 23.7 Å². The van der Waals surface area contributed by atoms with Gasteiger partial charge in [-0.25, -0.2) is 0 Å². The van der Waals surface area contributed by atoms with Gasteiger partial charge in [0.15, 0.2) is 0 Å². The number of benzene rings is 3. The van der Waals surface area contributed by atoms with Crippen LogP contribution in [0.15, 0.2) is 66.7 Å². The van der Waals surface area contributed by atoms with Crippen LogP contribution >= 0.6 is 0 Å². The fraction of sp³-hybridized carbons (Fsp3) is 0.486. The Labute approximate surface area is 256 Å². The number of para-hydroxylation sites is 1. The number of anilines is 1. The van der Waals surface area contributed by atoms with Crippen LogP contribution in [0, 0.1) is 0 Å². The highest BCUT2D eigenvalue weighted by Crippen LogP contribution is 2.34. The molecule has 0 saturated carbocycles.